The third-order valence-corrected chi connectivity index (χ3v) is 14.8. The van der Waals surface area contributed by atoms with Gasteiger partial charge in [0.25, 0.3) is 0 Å². The number of para-hydroxylation sites is 2. The molecule has 0 saturated heterocycles. The summed E-state index contributed by atoms with van der Waals surface area (Å²) < 4.78 is 3.92. The zero-order chi connectivity index (χ0) is 40.3. The molecule has 2 atom stereocenters. The van der Waals surface area contributed by atoms with Crippen LogP contribution in [0.3, 0.4) is 0 Å². The second kappa shape index (κ2) is 14.8. The van der Waals surface area contributed by atoms with Crippen molar-refractivity contribution in [3.05, 3.63) is 216 Å². The summed E-state index contributed by atoms with van der Waals surface area (Å²) in [5, 5.41) is 6.42. The van der Waals surface area contributed by atoms with Gasteiger partial charge in [-0.2, -0.15) is 0 Å². The Balaban J connectivity index is 1.13. The predicted octanol–water partition coefficient (Wildman–Crippen LogP) is 17.1. The average Bonchev–Trinajstić information content (AvgIpc) is 3.83. The van der Waals surface area contributed by atoms with Crippen LogP contribution < -0.4 is 9.80 Å². The number of nitrogens with zero attached hydrogens (tertiary/aromatic N) is 2. The number of hydrogen-bond acceptors (Lipinski definition) is 4. The van der Waals surface area contributed by atoms with Gasteiger partial charge >= 0.3 is 0 Å². The van der Waals surface area contributed by atoms with Crippen LogP contribution in [0.4, 0.5) is 28.4 Å². The van der Waals surface area contributed by atoms with Crippen molar-refractivity contribution in [3.8, 4) is 11.1 Å². The number of fused-ring (bicyclic) bond motifs is 9. The average molecular weight is 807 g/mol. The summed E-state index contributed by atoms with van der Waals surface area (Å²) >= 11 is 3.71. The highest BCUT2D eigenvalue weighted by Gasteiger charge is 2.38. The molecule has 1 aliphatic carbocycles. The summed E-state index contributed by atoms with van der Waals surface area (Å²) in [7, 11) is 0. The number of hydrogen-bond donors (Lipinski definition) is 0. The number of allylic oxidation sites excluding steroid dienone is 2. The second-order valence-corrected chi connectivity index (χ2v) is 17.9. The second-order valence-electron chi connectivity index (χ2n) is 15.7. The molecule has 2 unspecified atom stereocenters. The third kappa shape index (κ3) is 5.90. The predicted molar refractivity (Wildman–Crippen MR) is 262 cm³/mol. The minimum absolute atomic E-state index is 0.0336. The van der Waals surface area contributed by atoms with E-state index in [1.165, 1.54) is 90.8 Å². The normalized spacial score (nSPS) is 14.8. The van der Waals surface area contributed by atoms with Gasteiger partial charge in [-0.25, -0.2) is 0 Å². The molecule has 0 bridgehead atoms. The Bertz CT molecular complexity index is 3280. The van der Waals surface area contributed by atoms with Crippen LogP contribution in [0.1, 0.15) is 40.5 Å². The maximum Gasteiger partial charge on any atom is 0.0663 e. The maximum absolute atomic E-state index is 3.90. The van der Waals surface area contributed by atoms with E-state index in [1.54, 1.807) is 0 Å². The minimum atomic E-state index is 0.0336. The molecule has 10 aromatic rings. The first-order valence-electron chi connectivity index (χ1n) is 20.7. The molecule has 0 N–H and O–H groups in total. The van der Waals surface area contributed by atoms with Crippen LogP contribution in [0, 0.1) is 6.92 Å². The number of rotatable bonds is 8. The van der Waals surface area contributed by atoms with Crippen LogP contribution in [-0.2, 0) is 0 Å². The summed E-state index contributed by atoms with van der Waals surface area (Å²) in [4.78, 5) is 6.34. The summed E-state index contributed by atoms with van der Waals surface area (Å²) in [6.45, 7) is 8.59. The largest absolute Gasteiger partial charge is 0.333 e. The van der Waals surface area contributed by atoms with Gasteiger partial charge in [-0.3, -0.25) is 0 Å². The number of aryl methyl sites for hydroxylation is 1. The van der Waals surface area contributed by atoms with Crippen LogP contribution in [-0.4, -0.2) is 0 Å². The zero-order valence-corrected chi connectivity index (χ0v) is 35.2. The van der Waals surface area contributed by atoms with Gasteiger partial charge in [-0.1, -0.05) is 129 Å². The van der Waals surface area contributed by atoms with Gasteiger partial charge in [0.1, 0.15) is 0 Å². The van der Waals surface area contributed by atoms with Crippen molar-refractivity contribution in [1.29, 1.82) is 0 Å². The third-order valence-electron chi connectivity index (χ3n) is 12.4. The molecule has 0 aliphatic heterocycles. The van der Waals surface area contributed by atoms with Gasteiger partial charge < -0.3 is 9.80 Å². The van der Waals surface area contributed by atoms with Crippen LogP contribution in [0.5, 0.6) is 0 Å². The van der Waals surface area contributed by atoms with Crippen molar-refractivity contribution >= 4 is 98.2 Å². The smallest absolute Gasteiger partial charge is 0.0663 e. The Morgan fingerprint density at radius 1 is 0.517 bits per heavy atom. The van der Waals surface area contributed by atoms with E-state index >= 15 is 0 Å². The molecule has 0 saturated carbocycles. The fraction of sp³-hybridized carbons (Fsp3) is 0.0714. The minimum Gasteiger partial charge on any atom is -0.333 e. The Morgan fingerprint density at radius 2 is 1.13 bits per heavy atom. The van der Waals surface area contributed by atoms with E-state index in [9.17, 15) is 0 Å². The lowest BCUT2D eigenvalue weighted by atomic mass is 9.73. The van der Waals surface area contributed by atoms with E-state index in [0.717, 1.165) is 11.4 Å². The topological polar surface area (TPSA) is 6.48 Å². The van der Waals surface area contributed by atoms with Gasteiger partial charge in [0.2, 0.25) is 0 Å². The standard InChI is InChI=1S/C56H42N2S2/c1-4-5-27-51-36(2)47-33-40(29-31-53(47)59-51)57(38-18-8-6-9-19-38)50-35-49-42-22-12-15-26-46(42)56(37(3)55(49)45-25-14-13-23-43(45)50)58(39-20-10-7-11-21-39)41-30-32-54-48(34-41)44-24-16-17-28-52(44)60-54/h4-35,37,56H,1H2,2-3H3/b27-5-. The number of benzene rings is 8. The SMILES string of the molecule is C=C/C=C\c1sc2ccc(N(c3ccccc3)c3cc4c(c5ccccc35)C(C)C(N(c3ccccc3)c3ccc5sc6ccccc6c5c3)c3ccccc3-4)cc2c1C. The van der Waals surface area contributed by atoms with Crippen molar-refractivity contribution < 1.29 is 0 Å². The molecular weight excluding hydrogens is 765 g/mol. The molecule has 4 heteroatoms. The Kier molecular flexibility index (Phi) is 8.99. The maximum atomic E-state index is 3.90. The lowest BCUT2D eigenvalue weighted by Crippen LogP contribution is -2.31. The molecule has 60 heavy (non-hydrogen) atoms. The molecule has 2 aromatic heterocycles. The highest BCUT2D eigenvalue weighted by atomic mass is 32.1. The monoisotopic (exact) mass is 806 g/mol. The fourth-order valence-corrected chi connectivity index (χ4v) is 11.9. The summed E-state index contributed by atoms with van der Waals surface area (Å²) in [5.74, 6) is 0.140. The lowest BCUT2D eigenvalue weighted by Gasteiger charge is -2.43. The Labute approximate surface area is 359 Å². The molecular formula is C56H42N2S2. The van der Waals surface area contributed by atoms with E-state index in [4.69, 9.17) is 0 Å². The van der Waals surface area contributed by atoms with Gasteiger partial charge in [-0.05, 0) is 124 Å². The number of anilines is 5. The zero-order valence-electron chi connectivity index (χ0n) is 33.5. The van der Waals surface area contributed by atoms with Gasteiger partial charge in [0.05, 0.1) is 11.7 Å². The molecule has 11 rings (SSSR count). The Hall–Kier alpha value is -6.72. The summed E-state index contributed by atoms with van der Waals surface area (Å²) in [6.07, 6.45) is 6.05. The first kappa shape index (κ1) is 36.4. The highest BCUT2D eigenvalue weighted by molar-refractivity contribution is 7.25. The quantitative estimate of drug-likeness (QED) is 0.141. The molecule has 2 heterocycles. The van der Waals surface area contributed by atoms with E-state index in [-0.39, 0.29) is 12.0 Å². The molecule has 288 valence electrons. The first-order chi connectivity index (χ1) is 29.6. The van der Waals surface area contributed by atoms with Crippen molar-refractivity contribution in [2.24, 2.45) is 0 Å². The van der Waals surface area contributed by atoms with E-state index in [1.807, 2.05) is 34.8 Å². The fourth-order valence-electron chi connectivity index (χ4n) is 9.68. The number of thiophene rings is 2. The first-order valence-corrected chi connectivity index (χ1v) is 22.3. The molecule has 0 fully saturated rings. The van der Waals surface area contributed by atoms with E-state index in [0.29, 0.717) is 0 Å². The molecule has 1 aliphatic rings. The van der Waals surface area contributed by atoms with Crippen molar-refractivity contribution in [3.63, 3.8) is 0 Å². The molecule has 0 radical (unpaired) electrons. The summed E-state index contributed by atoms with van der Waals surface area (Å²) in [6, 6.07) is 65.4. The van der Waals surface area contributed by atoms with Gasteiger partial charge in [0.15, 0.2) is 0 Å². The van der Waals surface area contributed by atoms with E-state index in [2.05, 4.69) is 212 Å². The highest BCUT2D eigenvalue weighted by Crippen LogP contribution is 2.56. The van der Waals surface area contributed by atoms with Crippen LogP contribution in [0.15, 0.2) is 195 Å². The van der Waals surface area contributed by atoms with Crippen molar-refractivity contribution in [1.82, 2.24) is 0 Å². The molecule has 0 amide bonds. The van der Waals surface area contributed by atoms with Crippen LogP contribution >= 0.6 is 22.7 Å². The Morgan fingerprint density at radius 3 is 1.92 bits per heavy atom. The van der Waals surface area contributed by atoms with Crippen molar-refractivity contribution in [2.45, 2.75) is 25.8 Å². The van der Waals surface area contributed by atoms with Crippen molar-refractivity contribution in [2.75, 3.05) is 9.80 Å². The van der Waals surface area contributed by atoms with Gasteiger partial charge in [-0.15, -0.1) is 22.7 Å². The van der Waals surface area contributed by atoms with E-state index < -0.39 is 0 Å². The molecule has 8 aromatic carbocycles. The summed E-state index contributed by atoms with van der Waals surface area (Å²) in [5.41, 5.74) is 12.4. The lowest BCUT2D eigenvalue weighted by molar-refractivity contribution is 0.579. The van der Waals surface area contributed by atoms with Crippen LogP contribution in [0.25, 0.3) is 58.2 Å². The molecule has 2 nitrogen and oxygen atoms in total. The van der Waals surface area contributed by atoms with Crippen LogP contribution in [0.2, 0.25) is 0 Å². The van der Waals surface area contributed by atoms with Gasteiger partial charge in [0, 0.05) is 63.8 Å². The molecule has 0 spiro atoms.